The number of carboxylic acids is 2. The average molecular weight is 631 g/mol. The fourth-order valence-electron chi connectivity index (χ4n) is 3.56. The fraction of sp³-hybridized carbons (Fsp3) is 0.269. The summed E-state index contributed by atoms with van der Waals surface area (Å²) in [5.41, 5.74) is 2.66. The highest BCUT2D eigenvalue weighted by Crippen LogP contribution is 2.39. The molecule has 236 valence electrons. The van der Waals surface area contributed by atoms with E-state index in [1.165, 1.54) is 0 Å². The SMILES string of the molecule is COc1cc(-c2cn[nH]c2)cc2c(N(C)C)nc(C3COc4ccccc4O3)nc12.O=C(O)C(F)(F)F.O=C(O)C(F)(F)F. The lowest BCUT2D eigenvalue weighted by Crippen LogP contribution is -2.24. The summed E-state index contributed by atoms with van der Waals surface area (Å²) in [4.78, 5) is 29.4. The van der Waals surface area contributed by atoms with Crippen molar-refractivity contribution < 1.29 is 60.4 Å². The molecule has 0 saturated heterocycles. The first kappa shape index (κ1) is 33.2. The Morgan fingerprint density at radius 3 is 2.07 bits per heavy atom. The number of methoxy groups -OCH3 is 1. The summed E-state index contributed by atoms with van der Waals surface area (Å²) < 4.78 is 81.2. The van der Waals surface area contributed by atoms with Crippen molar-refractivity contribution in [3.8, 4) is 28.4 Å². The lowest BCUT2D eigenvalue weighted by Gasteiger charge is -2.26. The molecule has 5 rings (SSSR count). The first-order valence-electron chi connectivity index (χ1n) is 12.1. The molecule has 12 nitrogen and oxygen atoms in total. The molecule has 1 unspecified atom stereocenters. The number of aliphatic carboxylic acids is 2. The van der Waals surface area contributed by atoms with Crippen molar-refractivity contribution in [2.24, 2.45) is 0 Å². The van der Waals surface area contributed by atoms with Gasteiger partial charge in [0.2, 0.25) is 0 Å². The predicted molar refractivity (Wildman–Crippen MR) is 141 cm³/mol. The number of nitrogens with zero attached hydrogens (tertiary/aromatic N) is 4. The van der Waals surface area contributed by atoms with Crippen molar-refractivity contribution in [3.05, 3.63) is 54.6 Å². The summed E-state index contributed by atoms with van der Waals surface area (Å²) in [6, 6.07) is 11.6. The number of carbonyl (C=O) groups is 2. The summed E-state index contributed by atoms with van der Waals surface area (Å²) >= 11 is 0. The lowest BCUT2D eigenvalue weighted by atomic mass is 10.1. The molecule has 1 aliphatic rings. The van der Waals surface area contributed by atoms with Crippen LogP contribution in [-0.2, 0) is 9.59 Å². The summed E-state index contributed by atoms with van der Waals surface area (Å²) in [7, 11) is 5.55. The molecule has 0 saturated carbocycles. The molecule has 2 aromatic heterocycles. The molecule has 2 aromatic carbocycles. The Morgan fingerprint density at radius 2 is 1.57 bits per heavy atom. The standard InChI is InChI=1S/C22H21N5O3.2C2HF3O2/c1-27(2)22-15-8-13(14-10-23-24-11-14)9-18(28-3)20(15)25-21(26-22)19-12-29-16-6-4-5-7-17(16)30-19;2*3-2(4,5)1(6)7/h4-11,19H,12H2,1-3H3,(H,23,24);2*(H,6,7). The lowest BCUT2D eigenvalue weighted by molar-refractivity contribution is -0.193. The number of halogens is 6. The zero-order valence-corrected chi connectivity index (χ0v) is 22.9. The van der Waals surface area contributed by atoms with Gasteiger partial charge in [0.05, 0.1) is 13.3 Å². The van der Waals surface area contributed by atoms with E-state index in [-0.39, 0.29) is 0 Å². The van der Waals surface area contributed by atoms with Crippen molar-refractivity contribution in [3.63, 3.8) is 0 Å². The molecular weight excluding hydrogens is 608 g/mol. The molecule has 0 spiro atoms. The number of fused-ring (bicyclic) bond motifs is 2. The number of aromatic nitrogens is 4. The second-order valence-electron chi connectivity index (χ2n) is 8.83. The summed E-state index contributed by atoms with van der Waals surface area (Å²) in [5.74, 6) is -2.11. The highest BCUT2D eigenvalue weighted by molar-refractivity contribution is 5.97. The number of benzene rings is 2. The number of ether oxygens (including phenoxy) is 3. The number of alkyl halides is 6. The molecule has 1 aliphatic heterocycles. The maximum absolute atomic E-state index is 10.6. The second-order valence-corrected chi connectivity index (χ2v) is 8.83. The van der Waals surface area contributed by atoms with Gasteiger partial charge in [-0.25, -0.2) is 19.6 Å². The van der Waals surface area contributed by atoms with Crippen molar-refractivity contribution in [1.29, 1.82) is 0 Å². The number of carboxylic acid groups (broad SMARTS) is 2. The quantitative estimate of drug-likeness (QED) is 0.264. The minimum absolute atomic E-state index is 0.338. The maximum Gasteiger partial charge on any atom is 0.490 e. The topological polar surface area (TPSA) is 160 Å². The normalized spacial score (nSPS) is 14.0. The van der Waals surface area contributed by atoms with E-state index in [4.69, 9.17) is 44.0 Å². The summed E-state index contributed by atoms with van der Waals surface area (Å²) in [6.07, 6.45) is -6.97. The zero-order chi connectivity index (χ0) is 32.8. The Hall–Kier alpha value is -5.29. The number of hydrogen-bond acceptors (Lipinski definition) is 9. The number of rotatable bonds is 4. The van der Waals surface area contributed by atoms with Crippen LogP contribution in [0.1, 0.15) is 11.9 Å². The van der Waals surface area contributed by atoms with Crippen molar-refractivity contribution >= 4 is 28.7 Å². The van der Waals surface area contributed by atoms with Gasteiger partial charge in [0, 0.05) is 31.2 Å². The third kappa shape index (κ3) is 8.17. The van der Waals surface area contributed by atoms with E-state index in [0.717, 1.165) is 33.6 Å². The third-order valence-electron chi connectivity index (χ3n) is 5.52. The molecule has 3 heterocycles. The van der Waals surface area contributed by atoms with Crippen molar-refractivity contribution in [2.75, 3.05) is 32.7 Å². The number of hydrogen-bond donors (Lipinski definition) is 3. The molecular formula is C26H23F6N5O7. The van der Waals surface area contributed by atoms with E-state index in [1.54, 1.807) is 13.3 Å². The van der Waals surface area contributed by atoms with Gasteiger partial charge in [0.25, 0.3) is 0 Å². The highest BCUT2D eigenvalue weighted by Gasteiger charge is 2.39. The minimum atomic E-state index is -5.08. The van der Waals surface area contributed by atoms with Crippen LogP contribution in [0.5, 0.6) is 17.2 Å². The molecule has 0 radical (unpaired) electrons. The van der Waals surface area contributed by atoms with Crippen LogP contribution >= 0.6 is 0 Å². The number of aromatic amines is 1. The van der Waals surface area contributed by atoms with Crippen LogP contribution in [0.2, 0.25) is 0 Å². The van der Waals surface area contributed by atoms with Crippen LogP contribution in [-0.4, -0.2) is 82.5 Å². The molecule has 0 amide bonds. The monoisotopic (exact) mass is 631 g/mol. The van der Waals surface area contributed by atoms with Crippen LogP contribution < -0.4 is 19.1 Å². The molecule has 4 aromatic rings. The Bertz CT molecular complexity index is 1590. The molecule has 0 bridgehead atoms. The van der Waals surface area contributed by atoms with E-state index in [1.807, 2.05) is 55.5 Å². The first-order chi connectivity index (χ1) is 20.5. The number of anilines is 1. The van der Waals surface area contributed by atoms with Gasteiger partial charge in [-0.2, -0.15) is 31.4 Å². The molecule has 0 aliphatic carbocycles. The Labute approximate surface area is 243 Å². The highest BCUT2D eigenvalue weighted by atomic mass is 19.4. The fourth-order valence-corrected chi connectivity index (χ4v) is 3.56. The van der Waals surface area contributed by atoms with E-state index in [2.05, 4.69) is 16.3 Å². The predicted octanol–water partition coefficient (Wildman–Crippen LogP) is 4.87. The van der Waals surface area contributed by atoms with E-state index >= 15 is 0 Å². The maximum atomic E-state index is 10.6. The van der Waals surface area contributed by atoms with E-state index < -0.39 is 30.4 Å². The smallest absolute Gasteiger partial charge is 0.490 e. The Morgan fingerprint density at radius 1 is 0.977 bits per heavy atom. The largest absolute Gasteiger partial charge is 0.494 e. The molecule has 3 N–H and O–H groups in total. The van der Waals surface area contributed by atoms with Gasteiger partial charge in [-0.3, -0.25) is 5.10 Å². The number of nitrogens with one attached hydrogen (secondary N) is 1. The van der Waals surface area contributed by atoms with Gasteiger partial charge >= 0.3 is 24.3 Å². The molecule has 44 heavy (non-hydrogen) atoms. The zero-order valence-electron chi connectivity index (χ0n) is 22.9. The van der Waals surface area contributed by atoms with Crippen molar-refractivity contribution in [2.45, 2.75) is 18.5 Å². The van der Waals surface area contributed by atoms with E-state index in [9.17, 15) is 26.3 Å². The van der Waals surface area contributed by atoms with Gasteiger partial charge in [-0.15, -0.1) is 0 Å². The van der Waals surface area contributed by atoms with Crippen LogP contribution in [0, 0.1) is 0 Å². The van der Waals surface area contributed by atoms with Gasteiger partial charge in [-0.05, 0) is 29.8 Å². The number of H-pyrrole nitrogens is 1. The van der Waals surface area contributed by atoms with E-state index in [0.29, 0.717) is 23.9 Å². The third-order valence-corrected chi connectivity index (χ3v) is 5.52. The van der Waals surface area contributed by atoms with Gasteiger partial charge in [-0.1, -0.05) is 12.1 Å². The minimum Gasteiger partial charge on any atom is -0.494 e. The van der Waals surface area contributed by atoms with Gasteiger partial charge < -0.3 is 29.3 Å². The molecule has 1 atom stereocenters. The van der Waals surface area contributed by atoms with Crippen molar-refractivity contribution in [1.82, 2.24) is 20.2 Å². The summed E-state index contributed by atoms with van der Waals surface area (Å²) in [5, 5.41) is 22.0. The van der Waals surface area contributed by atoms with Crippen LogP contribution in [0.25, 0.3) is 22.0 Å². The Kier molecular flexibility index (Phi) is 10.1. The van der Waals surface area contributed by atoms with Gasteiger partial charge in [0.1, 0.15) is 23.7 Å². The van der Waals surface area contributed by atoms with Crippen LogP contribution in [0.15, 0.2) is 48.8 Å². The first-order valence-corrected chi connectivity index (χ1v) is 12.1. The number of para-hydroxylation sites is 2. The molecule has 18 heteroatoms. The Balaban J connectivity index is 0.000000317. The average Bonchev–Trinajstić information content (AvgIpc) is 3.50. The molecule has 0 fully saturated rings. The van der Waals surface area contributed by atoms with Crippen LogP contribution in [0.3, 0.4) is 0 Å². The second kappa shape index (κ2) is 13.3. The summed E-state index contributed by atoms with van der Waals surface area (Å²) in [6.45, 7) is 0.338. The van der Waals surface area contributed by atoms with Gasteiger partial charge in [0.15, 0.2) is 23.4 Å². The van der Waals surface area contributed by atoms with Crippen LogP contribution in [0.4, 0.5) is 32.2 Å².